The van der Waals surface area contributed by atoms with Crippen molar-refractivity contribution >= 4 is 21.6 Å². The number of hydrogen-bond donors (Lipinski definition) is 0. The molecule has 4 rings (SSSR count). The van der Waals surface area contributed by atoms with E-state index in [-0.39, 0.29) is 27.8 Å². The summed E-state index contributed by atoms with van der Waals surface area (Å²) in [5.41, 5.74) is 0.177. The Bertz CT molecular complexity index is 638. The van der Waals surface area contributed by atoms with Gasteiger partial charge in [0.15, 0.2) is 4.98 Å². The maximum absolute atomic E-state index is 11.9. The van der Waals surface area contributed by atoms with Gasteiger partial charge in [-0.3, -0.25) is 0 Å². The van der Waals surface area contributed by atoms with Crippen molar-refractivity contribution in [3.05, 3.63) is 27.1 Å². The second-order valence-electron chi connectivity index (χ2n) is 6.85. The van der Waals surface area contributed by atoms with E-state index in [1.165, 1.54) is 12.1 Å². The fourth-order valence-corrected chi connectivity index (χ4v) is 3.03. The predicted octanol–water partition coefficient (Wildman–Crippen LogP) is 3.23. The Balaban J connectivity index is 2.00. The number of ether oxygens (including phenoxy) is 3. The van der Waals surface area contributed by atoms with Gasteiger partial charge in [0.05, 0.1) is 19.8 Å². The third-order valence-corrected chi connectivity index (χ3v) is 5.31. The minimum Gasteiger partial charge on any atom is -0.872 e. The first-order valence-corrected chi connectivity index (χ1v) is 7.80. The molecule has 0 spiro atoms. The Morgan fingerprint density at radius 1 is 1.18 bits per heavy atom. The summed E-state index contributed by atoms with van der Waals surface area (Å²) in [4.78, 5) is 3.22. The van der Waals surface area contributed by atoms with E-state index >= 15 is 0 Å². The quantitative estimate of drug-likeness (QED) is 0.711. The highest BCUT2D eigenvalue weighted by molar-refractivity contribution is 9.10. The minimum atomic E-state index is -1.48. The van der Waals surface area contributed by atoms with Gasteiger partial charge in [0.25, 0.3) is 0 Å². The van der Waals surface area contributed by atoms with E-state index in [1.54, 1.807) is 0 Å². The monoisotopic (exact) mass is 368 g/mol. The SMILES string of the molecule is CC(C)(C)C12COC(c3cc([O-])c(Br)cc3[N+]#N)(OC1)OC2. The molecule has 0 N–H and O–H groups in total. The zero-order valence-electron chi connectivity index (χ0n) is 12.7. The van der Waals surface area contributed by atoms with Crippen LogP contribution < -0.4 is 5.11 Å². The van der Waals surface area contributed by atoms with E-state index in [9.17, 15) is 10.5 Å². The van der Waals surface area contributed by atoms with Crippen LogP contribution in [0.25, 0.3) is 4.98 Å². The van der Waals surface area contributed by atoms with E-state index < -0.39 is 5.97 Å². The molecule has 0 radical (unpaired) electrons. The summed E-state index contributed by atoms with van der Waals surface area (Å²) >= 11 is 3.12. The summed E-state index contributed by atoms with van der Waals surface area (Å²) in [7, 11) is 0. The van der Waals surface area contributed by atoms with Gasteiger partial charge in [0.2, 0.25) is 5.39 Å². The average Bonchev–Trinajstić information content (AvgIpc) is 2.50. The standard InChI is InChI=1S/C15H17BrN2O4/c1-13(2,3)14-6-20-15(21-7-14,22-8-14)9-4-12(19)10(16)5-11(9)18-17/h4-5H,6-8H2,1-3H3. The fourth-order valence-electron chi connectivity index (χ4n) is 2.70. The van der Waals surface area contributed by atoms with Gasteiger partial charge in [0, 0.05) is 16.0 Å². The number of rotatable bonds is 1. The third-order valence-electron chi connectivity index (χ3n) is 4.69. The molecule has 0 aromatic heterocycles. The Labute approximate surface area is 137 Å². The molecule has 6 nitrogen and oxygen atoms in total. The zero-order valence-corrected chi connectivity index (χ0v) is 14.3. The van der Waals surface area contributed by atoms with Crippen LogP contribution in [0.4, 0.5) is 5.69 Å². The van der Waals surface area contributed by atoms with Gasteiger partial charge in [-0.1, -0.05) is 42.5 Å². The van der Waals surface area contributed by atoms with E-state index in [4.69, 9.17) is 14.2 Å². The number of diazo groups is 1. The molecule has 1 aromatic carbocycles. The summed E-state index contributed by atoms with van der Waals surface area (Å²) in [5, 5.41) is 21.1. The minimum absolute atomic E-state index is 0.0484. The molecule has 3 aliphatic rings. The van der Waals surface area contributed by atoms with Crippen LogP contribution in [0.15, 0.2) is 16.6 Å². The van der Waals surface area contributed by atoms with Crippen LogP contribution in [0.3, 0.4) is 0 Å². The maximum atomic E-state index is 11.9. The molecule has 7 heteroatoms. The molecule has 0 saturated carbocycles. The fraction of sp³-hybridized carbons (Fsp3) is 0.600. The molecule has 3 saturated heterocycles. The van der Waals surface area contributed by atoms with Crippen molar-refractivity contribution in [3.63, 3.8) is 0 Å². The molecule has 118 valence electrons. The van der Waals surface area contributed by atoms with Crippen molar-refractivity contribution in [1.82, 2.24) is 0 Å². The summed E-state index contributed by atoms with van der Waals surface area (Å²) in [5.74, 6) is -1.74. The molecule has 1 aromatic rings. The molecule has 22 heavy (non-hydrogen) atoms. The molecule has 0 amide bonds. The number of benzene rings is 1. The smallest absolute Gasteiger partial charge is 0.397 e. The second kappa shape index (κ2) is 4.90. The van der Waals surface area contributed by atoms with Crippen LogP contribution in [0.2, 0.25) is 0 Å². The lowest BCUT2D eigenvalue weighted by molar-refractivity contribution is -0.489. The summed E-state index contributed by atoms with van der Waals surface area (Å²) in [6.07, 6.45) is 0. The van der Waals surface area contributed by atoms with Crippen molar-refractivity contribution < 1.29 is 19.3 Å². The highest BCUT2D eigenvalue weighted by Crippen LogP contribution is 2.53. The second-order valence-corrected chi connectivity index (χ2v) is 7.71. The first-order chi connectivity index (χ1) is 10.2. The van der Waals surface area contributed by atoms with Crippen LogP contribution in [-0.4, -0.2) is 19.8 Å². The lowest BCUT2D eigenvalue weighted by atomic mass is 9.67. The molecule has 0 atom stereocenters. The average molecular weight is 369 g/mol. The van der Waals surface area contributed by atoms with Gasteiger partial charge in [-0.05, 0) is 11.5 Å². The van der Waals surface area contributed by atoms with Crippen LogP contribution in [-0.2, 0) is 20.2 Å². The topological polar surface area (TPSA) is 78.9 Å². The van der Waals surface area contributed by atoms with Crippen molar-refractivity contribution in [2.45, 2.75) is 26.7 Å². The van der Waals surface area contributed by atoms with Gasteiger partial charge in [0.1, 0.15) is 5.56 Å². The Morgan fingerprint density at radius 3 is 2.18 bits per heavy atom. The molecule has 2 bridgehead atoms. The van der Waals surface area contributed by atoms with Gasteiger partial charge < -0.3 is 19.3 Å². The highest BCUT2D eigenvalue weighted by atomic mass is 79.9. The van der Waals surface area contributed by atoms with Crippen molar-refractivity contribution in [1.29, 1.82) is 5.39 Å². The lowest BCUT2D eigenvalue weighted by Gasteiger charge is -2.56. The summed E-state index contributed by atoms with van der Waals surface area (Å²) < 4.78 is 17.8. The third kappa shape index (κ3) is 2.14. The first kappa shape index (κ1) is 15.7. The zero-order chi connectivity index (χ0) is 16.2. The Morgan fingerprint density at radius 2 is 1.73 bits per heavy atom. The van der Waals surface area contributed by atoms with Crippen molar-refractivity contribution in [2.75, 3.05) is 19.8 Å². The molecular weight excluding hydrogens is 352 g/mol. The Kier molecular flexibility index (Phi) is 3.49. The molecule has 3 fully saturated rings. The summed E-state index contributed by atoms with van der Waals surface area (Å²) in [6.45, 7) is 7.70. The van der Waals surface area contributed by atoms with E-state index in [0.717, 1.165) is 0 Å². The number of hydrogen-bond acceptors (Lipinski definition) is 5. The Hall–Kier alpha value is -1.20. The van der Waals surface area contributed by atoms with Gasteiger partial charge in [-0.25, -0.2) is 0 Å². The van der Waals surface area contributed by atoms with E-state index in [1.807, 2.05) is 0 Å². The number of nitrogens with zero attached hydrogens (tertiary/aromatic N) is 2. The maximum Gasteiger partial charge on any atom is 0.397 e. The largest absolute Gasteiger partial charge is 0.872 e. The van der Waals surface area contributed by atoms with E-state index in [2.05, 4.69) is 41.7 Å². The molecule has 3 heterocycles. The van der Waals surface area contributed by atoms with Crippen molar-refractivity contribution in [2.24, 2.45) is 10.8 Å². The van der Waals surface area contributed by atoms with Gasteiger partial charge in [-0.15, -0.1) is 0 Å². The van der Waals surface area contributed by atoms with Crippen LogP contribution in [0.5, 0.6) is 5.75 Å². The number of fused-ring (bicyclic) bond motifs is 3. The molecule has 0 aliphatic carbocycles. The first-order valence-electron chi connectivity index (χ1n) is 7.01. The highest BCUT2D eigenvalue weighted by Gasteiger charge is 2.59. The van der Waals surface area contributed by atoms with E-state index in [0.29, 0.717) is 24.3 Å². The predicted molar refractivity (Wildman–Crippen MR) is 79.8 cm³/mol. The normalized spacial score (nSPS) is 31.0. The lowest BCUT2D eigenvalue weighted by Crippen LogP contribution is -2.62. The molecular formula is C15H17BrN2O4. The molecule has 0 unspecified atom stereocenters. The molecule has 3 aliphatic heterocycles. The van der Waals surface area contributed by atoms with Crippen molar-refractivity contribution in [3.8, 4) is 5.75 Å². The van der Waals surface area contributed by atoms with Gasteiger partial charge in [-0.2, -0.15) is 0 Å². The van der Waals surface area contributed by atoms with Crippen LogP contribution >= 0.6 is 15.9 Å². The van der Waals surface area contributed by atoms with Crippen LogP contribution in [0.1, 0.15) is 26.3 Å². The van der Waals surface area contributed by atoms with Gasteiger partial charge >= 0.3 is 11.7 Å². The number of halogens is 1. The van der Waals surface area contributed by atoms with Crippen LogP contribution in [0, 0.1) is 16.2 Å². The summed E-state index contributed by atoms with van der Waals surface area (Å²) in [6, 6.07) is 2.73.